The van der Waals surface area contributed by atoms with Gasteiger partial charge in [0.15, 0.2) is 5.78 Å². The Hall–Kier alpha value is -2.54. The Kier molecular flexibility index (Phi) is 8.24. The number of rotatable bonds is 6. The number of carbonyl (C=O) groups excluding carboxylic acids is 2. The summed E-state index contributed by atoms with van der Waals surface area (Å²) in [7, 11) is 0. The van der Waals surface area contributed by atoms with Crippen LogP contribution < -0.4 is 5.73 Å². The number of benzene rings is 1. The van der Waals surface area contributed by atoms with Gasteiger partial charge in [0.1, 0.15) is 11.8 Å². The van der Waals surface area contributed by atoms with Gasteiger partial charge in [0.05, 0.1) is 12.8 Å². The minimum absolute atomic E-state index is 0.00398. The Morgan fingerprint density at radius 1 is 1.10 bits per heavy atom. The molecule has 0 aromatic heterocycles. The molecule has 1 atom stereocenters. The van der Waals surface area contributed by atoms with E-state index >= 15 is 0 Å². The first-order valence-corrected chi connectivity index (χ1v) is 6.02. The van der Waals surface area contributed by atoms with Crippen molar-refractivity contribution in [3.8, 4) is 0 Å². The minimum Gasteiger partial charge on any atom is -0.481 e. The standard InChI is InChI=1S/C10H10O2.C4H7NO4/c1-8(11)7-10(12)9-5-3-2-4-6-9;5-2(4(8)9)1-3(6)7/h2-6H,7H2,1H3;2H,1,5H2,(H,6,7)(H,8,9). The first-order valence-electron chi connectivity index (χ1n) is 6.02. The predicted molar refractivity (Wildman–Crippen MR) is 73.9 cm³/mol. The van der Waals surface area contributed by atoms with Crippen LogP contribution in [-0.4, -0.2) is 39.8 Å². The second kappa shape index (κ2) is 9.38. The molecular formula is C14H17NO6. The summed E-state index contributed by atoms with van der Waals surface area (Å²) in [6.07, 6.45) is -0.528. The summed E-state index contributed by atoms with van der Waals surface area (Å²) in [4.78, 5) is 41.5. The molecular weight excluding hydrogens is 278 g/mol. The first kappa shape index (κ1) is 18.5. The third kappa shape index (κ3) is 9.06. The van der Waals surface area contributed by atoms with Crippen molar-refractivity contribution in [3.05, 3.63) is 35.9 Å². The molecule has 7 nitrogen and oxygen atoms in total. The average molecular weight is 295 g/mol. The van der Waals surface area contributed by atoms with Crippen molar-refractivity contribution in [2.75, 3.05) is 0 Å². The molecule has 0 saturated carbocycles. The highest BCUT2D eigenvalue weighted by molar-refractivity contribution is 6.07. The summed E-state index contributed by atoms with van der Waals surface area (Å²) < 4.78 is 0. The van der Waals surface area contributed by atoms with Gasteiger partial charge in [-0.2, -0.15) is 0 Å². The average Bonchev–Trinajstić information content (AvgIpc) is 2.38. The van der Waals surface area contributed by atoms with E-state index in [1.807, 2.05) is 6.07 Å². The van der Waals surface area contributed by atoms with Crippen LogP contribution >= 0.6 is 0 Å². The second-order valence-electron chi connectivity index (χ2n) is 4.21. The van der Waals surface area contributed by atoms with Gasteiger partial charge in [-0.05, 0) is 6.92 Å². The lowest BCUT2D eigenvalue weighted by molar-refractivity contribution is -0.144. The third-order valence-corrected chi connectivity index (χ3v) is 2.22. The number of aliphatic carboxylic acids is 2. The van der Waals surface area contributed by atoms with Crippen molar-refractivity contribution in [1.29, 1.82) is 0 Å². The van der Waals surface area contributed by atoms with Gasteiger partial charge in [0, 0.05) is 5.56 Å². The molecule has 0 saturated heterocycles. The highest BCUT2D eigenvalue weighted by atomic mass is 16.4. The quantitative estimate of drug-likeness (QED) is 0.519. The maximum Gasteiger partial charge on any atom is 0.321 e. The van der Waals surface area contributed by atoms with E-state index in [1.54, 1.807) is 24.3 Å². The lowest BCUT2D eigenvalue weighted by atomic mass is 10.1. The van der Waals surface area contributed by atoms with Crippen molar-refractivity contribution in [2.24, 2.45) is 5.73 Å². The molecule has 114 valence electrons. The predicted octanol–water partition coefficient (Wildman–Crippen LogP) is 0.721. The van der Waals surface area contributed by atoms with Crippen LogP contribution in [0, 0.1) is 0 Å². The number of hydrogen-bond acceptors (Lipinski definition) is 5. The highest BCUT2D eigenvalue weighted by Gasteiger charge is 2.14. The van der Waals surface area contributed by atoms with E-state index in [4.69, 9.17) is 15.9 Å². The highest BCUT2D eigenvalue weighted by Crippen LogP contribution is 2.02. The summed E-state index contributed by atoms with van der Waals surface area (Å²) >= 11 is 0. The molecule has 0 amide bonds. The third-order valence-electron chi connectivity index (χ3n) is 2.22. The van der Waals surface area contributed by atoms with E-state index in [0.717, 1.165) is 0 Å². The van der Waals surface area contributed by atoms with E-state index in [2.05, 4.69) is 0 Å². The van der Waals surface area contributed by atoms with Gasteiger partial charge >= 0.3 is 11.9 Å². The second-order valence-corrected chi connectivity index (χ2v) is 4.21. The summed E-state index contributed by atoms with van der Waals surface area (Å²) in [6, 6.07) is 7.55. The normalized spacial score (nSPS) is 10.8. The van der Waals surface area contributed by atoms with E-state index in [1.165, 1.54) is 6.92 Å². The zero-order valence-electron chi connectivity index (χ0n) is 11.5. The number of nitrogens with two attached hydrogens (primary N) is 1. The molecule has 0 radical (unpaired) electrons. The molecule has 0 spiro atoms. The molecule has 21 heavy (non-hydrogen) atoms. The Morgan fingerprint density at radius 3 is 1.95 bits per heavy atom. The monoisotopic (exact) mass is 295 g/mol. The van der Waals surface area contributed by atoms with Crippen LogP contribution in [0.1, 0.15) is 30.1 Å². The Morgan fingerprint density at radius 2 is 1.62 bits per heavy atom. The van der Waals surface area contributed by atoms with Crippen LogP contribution in [0.2, 0.25) is 0 Å². The molecule has 0 aliphatic carbocycles. The number of ketones is 2. The molecule has 4 N–H and O–H groups in total. The zero-order chi connectivity index (χ0) is 16.4. The molecule has 0 fully saturated rings. The van der Waals surface area contributed by atoms with Crippen LogP contribution in [0.5, 0.6) is 0 Å². The molecule has 1 aromatic rings. The zero-order valence-corrected chi connectivity index (χ0v) is 11.5. The van der Waals surface area contributed by atoms with Crippen molar-refractivity contribution < 1.29 is 29.4 Å². The topological polar surface area (TPSA) is 135 Å². The van der Waals surface area contributed by atoms with Crippen LogP contribution in [0.3, 0.4) is 0 Å². The van der Waals surface area contributed by atoms with Gasteiger partial charge in [0.25, 0.3) is 0 Å². The van der Waals surface area contributed by atoms with Gasteiger partial charge in [-0.3, -0.25) is 19.2 Å². The van der Waals surface area contributed by atoms with Crippen molar-refractivity contribution in [1.82, 2.24) is 0 Å². The Balaban J connectivity index is 0.000000400. The Labute approximate surface area is 121 Å². The fraction of sp³-hybridized carbons (Fsp3) is 0.286. The molecule has 0 aliphatic rings. The number of hydrogen-bond donors (Lipinski definition) is 3. The van der Waals surface area contributed by atoms with Crippen LogP contribution in [0.25, 0.3) is 0 Å². The number of carbonyl (C=O) groups is 4. The SMILES string of the molecule is CC(=O)CC(=O)c1ccccc1.NC(CC(=O)O)C(=O)O. The van der Waals surface area contributed by atoms with E-state index in [-0.39, 0.29) is 18.0 Å². The fourth-order valence-electron chi connectivity index (χ4n) is 1.23. The summed E-state index contributed by atoms with van der Waals surface area (Å²) in [5.41, 5.74) is 5.44. The van der Waals surface area contributed by atoms with Gasteiger partial charge in [-0.25, -0.2) is 0 Å². The molecule has 1 rings (SSSR count). The van der Waals surface area contributed by atoms with E-state index in [9.17, 15) is 19.2 Å². The van der Waals surface area contributed by atoms with E-state index in [0.29, 0.717) is 5.56 Å². The minimum atomic E-state index is -1.29. The Bertz CT molecular complexity index is 511. The lowest BCUT2D eigenvalue weighted by Gasteiger charge is -1.99. The van der Waals surface area contributed by atoms with Gasteiger partial charge in [0.2, 0.25) is 0 Å². The van der Waals surface area contributed by atoms with Gasteiger partial charge in [-0.15, -0.1) is 0 Å². The van der Waals surface area contributed by atoms with E-state index < -0.39 is 24.4 Å². The fourth-order valence-corrected chi connectivity index (χ4v) is 1.23. The number of carboxylic acid groups (broad SMARTS) is 2. The van der Waals surface area contributed by atoms with Crippen molar-refractivity contribution in [2.45, 2.75) is 25.8 Å². The first-order chi connectivity index (χ1) is 9.73. The van der Waals surface area contributed by atoms with Crippen molar-refractivity contribution >= 4 is 23.5 Å². The lowest BCUT2D eigenvalue weighted by Crippen LogP contribution is -2.32. The summed E-state index contributed by atoms with van der Waals surface area (Å²) in [5.74, 6) is -2.70. The molecule has 7 heteroatoms. The molecule has 0 aliphatic heterocycles. The maximum atomic E-state index is 11.2. The van der Waals surface area contributed by atoms with Gasteiger partial charge in [-0.1, -0.05) is 30.3 Å². The van der Waals surface area contributed by atoms with Crippen LogP contribution in [0.4, 0.5) is 0 Å². The number of Topliss-reactive ketones (excluding diaryl/α,β-unsaturated/α-hetero) is 2. The smallest absolute Gasteiger partial charge is 0.321 e. The maximum absolute atomic E-state index is 11.2. The molecule has 0 heterocycles. The van der Waals surface area contributed by atoms with Gasteiger partial charge < -0.3 is 15.9 Å². The molecule has 0 bridgehead atoms. The van der Waals surface area contributed by atoms with Crippen molar-refractivity contribution in [3.63, 3.8) is 0 Å². The van der Waals surface area contributed by atoms with Crippen LogP contribution in [-0.2, 0) is 14.4 Å². The summed E-state index contributed by atoms with van der Waals surface area (Å²) in [5, 5.41) is 16.0. The summed E-state index contributed by atoms with van der Waals surface area (Å²) in [6.45, 7) is 1.42. The molecule has 1 aromatic carbocycles. The number of carboxylic acids is 2. The van der Waals surface area contributed by atoms with Crippen LogP contribution in [0.15, 0.2) is 30.3 Å². The molecule has 1 unspecified atom stereocenters. The largest absolute Gasteiger partial charge is 0.481 e.